The summed E-state index contributed by atoms with van der Waals surface area (Å²) in [5.74, 6) is 0.620. The number of aliphatic hydroxyl groups is 1. The molecule has 2 N–H and O–H groups in total. The smallest absolute Gasteiger partial charge is 0.219 e. The number of imidazole rings is 1. The monoisotopic (exact) mass is 473 g/mol. The summed E-state index contributed by atoms with van der Waals surface area (Å²) in [5.41, 5.74) is 6.43. The van der Waals surface area contributed by atoms with Gasteiger partial charge in [-0.1, -0.05) is 36.9 Å². The van der Waals surface area contributed by atoms with Crippen LogP contribution in [0, 0.1) is 0 Å². The largest absolute Gasteiger partial charge is 0.390 e. The SMILES string of the molecule is C=C(NC[C@H](O)CN1CCc2ccccc2C1)c1cn2cc(C3CCN(C(C)=O)CC3)ccc2n1. The topological polar surface area (TPSA) is 73.1 Å². The molecule has 4 heterocycles. The first kappa shape index (κ1) is 23.6. The molecule has 3 aromatic rings. The lowest BCUT2D eigenvalue weighted by Crippen LogP contribution is -2.40. The van der Waals surface area contributed by atoms with Crippen LogP contribution < -0.4 is 5.32 Å². The number of nitrogens with one attached hydrogen (secondary N) is 1. The molecule has 0 spiro atoms. The fourth-order valence-corrected chi connectivity index (χ4v) is 5.33. The fraction of sp³-hybridized carbons (Fsp3) is 0.429. The molecule has 2 aliphatic heterocycles. The van der Waals surface area contributed by atoms with Crippen LogP contribution in [0.1, 0.15) is 48.1 Å². The summed E-state index contributed by atoms with van der Waals surface area (Å²) < 4.78 is 2.05. The van der Waals surface area contributed by atoms with Gasteiger partial charge in [0.1, 0.15) is 11.3 Å². The highest BCUT2D eigenvalue weighted by Crippen LogP contribution is 2.28. The van der Waals surface area contributed by atoms with Crippen molar-refractivity contribution in [2.24, 2.45) is 0 Å². The molecule has 5 rings (SSSR count). The summed E-state index contributed by atoms with van der Waals surface area (Å²) in [5, 5.41) is 13.9. The molecule has 0 bridgehead atoms. The highest BCUT2D eigenvalue weighted by molar-refractivity contribution is 5.73. The molecule has 1 fully saturated rings. The minimum Gasteiger partial charge on any atom is -0.390 e. The predicted molar refractivity (Wildman–Crippen MR) is 138 cm³/mol. The number of nitrogens with zero attached hydrogens (tertiary/aromatic N) is 4. The van der Waals surface area contributed by atoms with E-state index >= 15 is 0 Å². The third kappa shape index (κ3) is 5.41. The Morgan fingerprint density at radius 3 is 2.69 bits per heavy atom. The van der Waals surface area contributed by atoms with Crippen molar-refractivity contribution >= 4 is 17.3 Å². The Kier molecular flexibility index (Phi) is 6.88. The molecule has 2 aromatic heterocycles. The van der Waals surface area contributed by atoms with E-state index < -0.39 is 6.10 Å². The van der Waals surface area contributed by atoms with Crippen molar-refractivity contribution in [2.45, 2.75) is 44.8 Å². The van der Waals surface area contributed by atoms with Crippen molar-refractivity contribution in [3.05, 3.63) is 77.8 Å². The minimum absolute atomic E-state index is 0.163. The molecule has 1 amide bonds. The number of hydrogen-bond acceptors (Lipinski definition) is 5. The summed E-state index contributed by atoms with van der Waals surface area (Å²) in [6.07, 6.45) is 6.66. The molecule has 0 aliphatic carbocycles. The predicted octanol–water partition coefficient (Wildman–Crippen LogP) is 3.04. The molecule has 184 valence electrons. The van der Waals surface area contributed by atoms with Crippen molar-refractivity contribution in [2.75, 3.05) is 32.7 Å². The van der Waals surface area contributed by atoms with Gasteiger partial charge in [-0.05, 0) is 47.9 Å². The van der Waals surface area contributed by atoms with Crippen molar-refractivity contribution in [3.63, 3.8) is 0 Å². The van der Waals surface area contributed by atoms with Crippen LogP contribution in [0.4, 0.5) is 0 Å². The van der Waals surface area contributed by atoms with Crippen molar-refractivity contribution < 1.29 is 9.90 Å². The Morgan fingerprint density at radius 2 is 1.91 bits per heavy atom. The fourth-order valence-electron chi connectivity index (χ4n) is 5.33. The third-order valence-corrected chi connectivity index (χ3v) is 7.42. The molecule has 1 atom stereocenters. The van der Waals surface area contributed by atoms with E-state index in [1.807, 2.05) is 17.2 Å². The van der Waals surface area contributed by atoms with E-state index in [4.69, 9.17) is 4.98 Å². The van der Waals surface area contributed by atoms with Gasteiger partial charge in [-0.25, -0.2) is 4.98 Å². The lowest BCUT2D eigenvalue weighted by molar-refractivity contribution is -0.129. The van der Waals surface area contributed by atoms with E-state index in [1.165, 1.54) is 16.7 Å². The van der Waals surface area contributed by atoms with Gasteiger partial charge in [0.2, 0.25) is 5.91 Å². The van der Waals surface area contributed by atoms with E-state index in [1.54, 1.807) is 6.92 Å². The molecule has 2 aliphatic rings. The minimum atomic E-state index is -0.485. The molecule has 7 nitrogen and oxygen atoms in total. The molecule has 0 saturated carbocycles. The zero-order valence-corrected chi connectivity index (χ0v) is 20.5. The average Bonchev–Trinajstić information content (AvgIpc) is 3.31. The van der Waals surface area contributed by atoms with Gasteiger partial charge >= 0.3 is 0 Å². The van der Waals surface area contributed by atoms with Crippen LogP contribution in [0.2, 0.25) is 0 Å². The van der Waals surface area contributed by atoms with Crippen LogP contribution >= 0.6 is 0 Å². The van der Waals surface area contributed by atoms with Gasteiger partial charge in [0.05, 0.1) is 11.8 Å². The zero-order chi connectivity index (χ0) is 24.4. The number of carbonyl (C=O) groups is 1. The van der Waals surface area contributed by atoms with Crippen molar-refractivity contribution in [1.82, 2.24) is 24.5 Å². The molecular formula is C28H35N5O2. The lowest BCUT2D eigenvalue weighted by Gasteiger charge is -2.31. The number of β-amino-alcohol motifs (C(OH)–C–C–N with tert-alkyl or cyclic N) is 1. The number of rotatable bonds is 7. The molecular weight excluding hydrogens is 438 g/mol. The van der Waals surface area contributed by atoms with Crippen molar-refractivity contribution in [3.8, 4) is 0 Å². The van der Waals surface area contributed by atoms with Crippen LogP contribution in [0.5, 0.6) is 0 Å². The van der Waals surface area contributed by atoms with Gasteiger partial charge in [0.15, 0.2) is 0 Å². The molecule has 7 heteroatoms. The van der Waals surface area contributed by atoms with Crippen molar-refractivity contribution in [1.29, 1.82) is 0 Å². The standard InChI is InChI=1S/C28H35N5O2/c1-20(29-15-26(35)18-31-12-9-22-5-3-4-6-24(22)16-31)27-19-33-17-25(7-8-28(33)30-27)23-10-13-32(14-11-23)21(2)34/h3-8,17,19,23,26,29,35H,1,9-16,18H2,2H3/t26-/m0/s1. The number of likely N-dealkylation sites (tertiary alicyclic amines) is 1. The Hall–Kier alpha value is -3.16. The second kappa shape index (κ2) is 10.2. The first-order chi connectivity index (χ1) is 17.0. The summed E-state index contributed by atoms with van der Waals surface area (Å²) in [6.45, 7) is 10.4. The van der Waals surface area contributed by atoms with Gasteiger partial charge in [-0.3, -0.25) is 9.69 Å². The van der Waals surface area contributed by atoms with Gasteiger partial charge in [0.25, 0.3) is 0 Å². The molecule has 1 saturated heterocycles. The average molecular weight is 474 g/mol. The molecule has 35 heavy (non-hydrogen) atoms. The third-order valence-electron chi connectivity index (χ3n) is 7.42. The van der Waals surface area contributed by atoms with E-state index in [0.717, 1.165) is 56.8 Å². The van der Waals surface area contributed by atoms with E-state index in [0.29, 0.717) is 24.7 Å². The zero-order valence-electron chi connectivity index (χ0n) is 20.5. The van der Waals surface area contributed by atoms with Crippen LogP contribution in [-0.4, -0.2) is 69.0 Å². The summed E-state index contributed by atoms with van der Waals surface area (Å²) in [4.78, 5) is 20.6. The van der Waals surface area contributed by atoms with E-state index in [2.05, 4.69) is 57.7 Å². The van der Waals surface area contributed by atoms with Gasteiger partial charge in [0, 0.05) is 58.6 Å². The van der Waals surface area contributed by atoms with Gasteiger partial charge in [-0.15, -0.1) is 0 Å². The first-order valence-corrected chi connectivity index (χ1v) is 12.6. The normalized spacial score (nSPS) is 17.8. The van der Waals surface area contributed by atoms with E-state index in [-0.39, 0.29) is 5.91 Å². The number of piperidine rings is 1. The summed E-state index contributed by atoms with van der Waals surface area (Å²) in [7, 11) is 0. The van der Waals surface area contributed by atoms with Crippen LogP contribution in [-0.2, 0) is 17.8 Å². The Morgan fingerprint density at radius 1 is 1.14 bits per heavy atom. The van der Waals surface area contributed by atoms with Crippen LogP contribution in [0.3, 0.4) is 0 Å². The van der Waals surface area contributed by atoms with Crippen LogP contribution in [0.25, 0.3) is 11.3 Å². The quantitative estimate of drug-likeness (QED) is 0.552. The summed E-state index contributed by atoms with van der Waals surface area (Å²) >= 11 is 0. The maximum Gasteiger partial charge on any atom is 0.219 e. The highest BCUT2D eigenvalue weighted by Gasteiger charge is 2.23. The van der Waals surface area contributed by atoms with Gasteiger partial charge < -0.3 is 19.7 Å². The van der Waals surface area contributed by atoms with E-state index in [9.17, 15) is 9.90 Å². The number of amides is 1. The first-order valence-electron chi connectivity index (χ1n) is 12.6. The number of benzene rings is 1. The Bertz CT molecular complexity index is 1210. The number of pyridine rings is 1. The molecule has 0 unspecified atom stereocenters. The molecule has 0 radical (unpaired) electrons. The number of fused-ring (bicyclic) bond motifs is 2. The Balaban J connectivity index is 1.15. The second-order valence-electron chi connectivity index (χ2n) is 9.90. The maximum absolute atomic E-state index is 11.6. The van der Waals surface area contributed by atoms with Crippen LogP contribution in [0.15, 0.2) is 55.4 Å². The number of hydrogen-bond donors (Lipinski definition) is 2. The molecule has 1 aromatic carbocycles. The summed E-state index contributed by atoms with van der Waals surface area (Å²) in [6, 6.07) is 12.8. The van der Waals surface area contributed by atoms with Gasteiger partial charge in [-0.2, -0.15) is 0 Å². The number of aliphatic hydroxyl groups excluding tert-OH is 1. The Labute approximate surface area is 207 Å². The maximum atomic E-state index is 11.6. The second-order valence-corrected chi connectivity index (χ2v) is 9.90. The lowest BCUT2D eigenvalue weighted by atomic mass is 9.90. The number of carbonyl (C=O) groups excluding carboxylic acids is 1. The highest BCUT2D eigenvalue weighted by atomic mass is 16.3. The number of aromatic nitrogens is 2.